The third kappa shape index (κ3) is 19.3. The van der Waals surface area contributed by atoms with Crippen molar-refractivity contribution in [1.29, 1.82) is 0 Å². The third-order valence-electron chi connectivity index (χ3n) is 3.60. The molecule has 0 atom stereocenters. The summed E-state index contributed by atoms with van der Waals surface area (Å²) in [6, 6.07) is 0. The Hall–Kier alpha value is -0.740. The number of carboxylic acid groups (broad SMARTS) is 1. The molecule has 0 fully saturated rings. The maximum absolute atomic E-state index is 11.9. The molecule has 0 bridgehead atoms. The van der Waals surface area contributed by atoms with Crippen LogP contribution in [0.15, 0.2) is 0 Å². The number of unbranched alkanes of at least 4 members (excludes halogenated alkanes) is 11. The molecule has 0 aliphatic carbocycles. The fraction of sp³-hybridized carbons (Fsp3) is 0.938. The first-order valence-electron chi connectivity index (χ1n) is 8.20. The molecule has 21 heavy (non-hydrogen) atoms. The molecular weight excluding hydrogens is 281 g/mol. The smallest absolute Gasteiger partial charge is 0.389 e. The molecule has 0 aromatic rings. The minimum Gasteiger partial charge on any atom is -0.481 e. The molecule has 0 aliphatic rings. The number of aliphatic carboxylic acids is 1. The van der Waals surface area contributed by atoms with Crippen LogP contribution in [-0.4, -0.2) is 17.3 Å². The summed E-state index contributed by atoms with van der Waals surface area (Å²) in [6.07, 6.45) is 7.19. The maximum atomic E-state index is 11.9. The normalized spacial score (nSPS) is 11.8. The molecule has 0 aliphatic heterocycles. The van der Waals surface area contributed by atoms with Crippen molar-refractivity contribution in [2.45, 2.75) is 96.1 Å². The number of carbonyl (C=O) groups is 1. The SMILES string of the molecule is O=C(O)CCCCCCCCCCCCCCC(F)(F)F. The molecule has 0 rings (SSSR count). The van der Waals surface area contributed by atoms with Crippen molar-refractivity contribution in [2.24, 2.45) is 0 Å². The van der Waals surface area contributed by atoms with Crippen molar-refractivity contribution in [1.82, 2.24) is 0 Å². The molecule has 0 aromatic heterocycles. The van der Waals surface area contributed by atoms with Crippen molar-refractivity contribution in [3.8, 4) is 0 Å². The molecule has 126 valence electrons. The van der Waals surface area contributed by atoms with Gasteiger partial charge in [0.15, 0.2) is 0 Å². The van der Waals surface area contributed by atoms with Crippen LogP contribution in [0.5, 0.6) is 0 Å². The molecule has 0 heterocycles. The molecule has 0 unspecified atom stereocenters. The highest BCUT2D eigenvalue weighted by atomic mass is 19.4. The summed E-state index contributed by atoms with van der Waals surface area (Å²) >= 11 is 0. The van der Waals surface area contributed by atoms with Gasteiger partial charge in [-0.15, -0.1) is 0 Å². The quantitative estimate of drug-likeness (QED) is 0.394. The van der Waals surface area contributed by atoms with Crippen LogP contribution in [0.25, 0.3) is 0 Å². The summed E-state index contributed by atoms with van der Waals surface area (Å²) in [7, 11) is 0. The number of halogens is 3. The van der Waals surface area contributed by atoms with Crippen LogP contribution in [-0.2, 0) is 4.79 Å². The van der Waals surface area contributed by atoms with Gasteiger partial charge in [0.05, 0.1) is 0 Å². The predicted octanol–water partition coefficient (Wildman–Crippen LogP) is 6.09. The van der Waals surface area contributed by atoms with Crippen LogP contribution in [0.3, 0.4) is 0 Å². The van der Waals surface area contributed by atoms with Gasteiger partial charge in [-0.1, -0.05) is 64.2 Å². The average Bonchev–Trinajstić information content (AvgIpc) is 2.37. The van der Waals surface area contributed by atoms with Gasteiger partial charge in [0.25, 0.3) is 0 Å². The van der Waals surface area contributed by atoms with Crippen molar-refractivity contribution >= 4 is 5.97 Å². The van der Waals surface area contributed by atoms with Crippen molar-refractivity contribution in [3.63, 3.8) is 0 Å². The van der Waals surface area contributed by atoms with E-state index in [4.69, 9.17) is 5.11 Å². The van der Waals surface area contributed by atoms with Crippen LogP contribution in [0.4, 0.5) is 13.2 Å². The summed E-state index contributed by atoms with van der Waals surface area (Å²) in [5.41, 5.74) is 0. The molecule has 2 nitrogen and oxygen atoms in total. The summed E-state index contributed by atoms with van der Waals surface area (Å²) in [5, 5.41) is 8.47. The Labute approximate surface area is 126 Å². The van der Waals surface area contributed by atoms with E-state index in [0.717, 1.165) is 51.4 Å². The number of rotatable bonds is 14. The van der Waals surface area contributed by atoms with E-state index < -0.39 is 18.6 Å². The van der Waals surface area contributed by atoms with Crippen LogP contribution >= 0.6 is 0 Å². The fourth-order valence-electron chi connectivity index (χ4n) is 2.37. The molecule has 1 N–H and O–H groups in total. The Balaban J connectivity index is 3.04. The van der Waals surface area contributed by atoms with E-state index in [1.807, 2.05) is 0 Å². The van der Waals surface area contributed by atoms with Crippen LogP contribution < -0.4 is 0 Å². The van der Waals surface area contributed by atoms with Gasteiger partial charge in [-0.2, -0.15) is 13.2 Å². The Morgan fingerprint density at radius 1 is 0.667 bits per heavy atom. The molecule has 0 saturated heterocycles. The van der Waals surface area contributed by atoms with E-state index in [0.29, 0.717) is 6.42 Å². The largest absolute Gasteiger partial charge is 0.481 e. The molecule has 0 spiro atoms. The van der Waals surface area contributed by atoms with Crippen LogP contribution in [0.2, 0.25) is 0 Å². The highest BCUT2D eigenvalue weighted by Crippen LogP contribution is 2.23. The second-order valence-corrected chi connectivity index (χ2v) is 5.75. The van der Waals surface area contributed by atoms with Crippen molar-refractivity contribution in [2.75, 3.05) is 0 Å². The summed E-state index contributed by atoms with van der Waals surface area (Å²) in [4.78, 5) is 10.3. The van der Waals surface area contributed by atoms with Gasteiger partial charge < -0.3 is 5.11 Å². The van der Waals surface area contributed by atoms with E-state index in [9.17, 15) is 18.0 Å². The van der Waals surface area contributed by atoms with E-state index in [1.54, 1.807) is 0 Å². The van der Waals surface area contributed by atoms with Gasteiger partial charge in [-0.05, 0) is 12.8 Å². The first-order chi connectivity index (χ1) is 9.92. The van der Waals surface area contributed by atoms with E-state index >= 15 is 0 Å². The first kappa shape index (κ1) is 20.3. The van der Waals surface area contributed by atoms with Crippen LogP contribution in [0, 0.1) is 0 Å². The number of carboxylic acids is 1. The van der Waals surface area contributed by atoms with Gasteiger partial charge >= 0.3 is 12.1 Å². The van der Waals surface area contributed by atoms with E-state index in [-0.39, 0.29) is 12.8 Å². The van der Waals surface area contributed by atoms with Gasteiger partial charge in [0.1, 0.15) is 0 Å². The molecule has 0 aromatic carbocycles. The van der Waals surface area contributed by atoms with Gasteiger partial charge in [0, 0.05) is 12.8 Å². The Bertz CT molecular complexity index is 252. The minimum atomic E-state index is -4.00. The average molecular weight is 310 g/mol. The van der Waals surface area contributed by atoms with Gasteiger partial charge in [0.2, 0.25) is 0 Å². The molecule has 0 amide bonds. The molecule has 0 radical (unpaired) electrons. The minimum absolute atomic E-state index is 0.264. The number of hydrogen-bond acceptors (Lipinski definition) is 1. The monoisotopic (exact) mass is 310 g/mol. The van der Waals surface area contributed by atoms with Crippen LogP contribution in [0.1, 0.15) is 89.9 Å². The number of alkyl halides is 3. The van der Waals surface area contributed by atoms with E-state index in [1.165, 1.54) is 12.8 Å². The zero-order valence-corrected chi connectivity index (χ0v) is 12.9. The summed E-state index contributed by atoms with van der Waals surface area (Å²) < 4.78 is 35.7. The first-order valence-corrected chi connectivity index (χ1v) is 8.20. The highest BCUT2D eigenvalue weighted by molar-refractivity contribution is 5.66. The lowest BCUT2D eigenvalue weighted by Gasteiger charge is -2.05. The predicted molar refractivity (Wildman–Crippen MR) is 78.3 cm³/mol. The topological polar surface area (TPSA) is 37.3 Å². The fourth-order valence-corrected chi connectivity index (χ4v) is 2.37. The molecule has 0 saturated carbocycles. The van der Waals surface area contributed by atoms with Crippen molar-refractivity contribution in [3.05, 3.63) is 0 Å². The molecular formula is C16H29F3O2. The van der Waals surface area contributed by atoms with E-state index in [2.05, 4.69) is 0 Å². The molecule has 5 heteroatoms. The lowest BCUT2D eigenvalue weighted by Crippen LogP contribution is -2.06. The lowest BCUT2D eigenvalue weighted by atomic mass is 10.0. The van der Waals surface area contributed by atoms with Crippen molar-refractivity contribution < 1.29 is 23.1 Å². The second kappa shape index (κ2) is 13.0. The standard InChI is InChI=1S/C16H29F3O2/c17-16(18,19)14-12-10-8-6-4-2-1-3-5-7-9-11-13-15(20)21/h1-14H2,(H,20,21). The second-order valence-electron chi connectivity index (χ2n) is 5.75. The number of hydrogen-bond donors (Lipinski definition) is 1. The lowest BCUT2D eigenvalue weighted by molar-refractivity contribution is -0.137. The summed E-state index contributed by atoms with van der Waals surface area (Å²) in [5.74, 6) is -0.717. The maximum Gasteiger partial charge on any atom is 0.389 e. The Kier molecular flexibility index (Phi) is 12.5. The highest BCUT2D eigenvalue weighted by Gasteiger charge is 2.25. The Morgan fingerprint density at radius 2 is 1.00 bits per heavy atom. The zero-order valence-electron chi connectivity index (χ0n) is 12.9. The Morgan fingerprint density at radius 3 is 1.33 bits per heavy atom. The summed E-state index contributed by atoms with van der Waals surface area (Å²) in [6.45, 7) is 0. The zero-order chi connectivity index (χ0) is 16.0. The van der Waals surface area contributed by atoms with Gasteiger partial charge in [-0.25, -0.2) is 0 Å². The third-order valence-corrected chi connectivity index (χ3v) is 3.60. The van der Waals surface area contributed by atoms with Gasteiger partial charge in [-0.3, -0.25) is 4.79 Å².